The second-order valence-corrected chi connectivity index (χ2v) is 6.33. The highest BCUT2D eigenvalue weighted by molar-refractivity contribution is 5.89. The number of rotatable bonds is 5. The normalized spacial score (nSPS) is 11.2. The second-order valence-electron chi connectivity index (χ2n) is 6.33. The van der Waals surface area contributed by atoms with Crippen molar-refractivity contribution in [2.24, 2.45) is 0 Å². The van der Waals surface area contributed by atoms with Gasteiger partial charge in [-0.15, -0.1) is 0 Å². The van der Waals surface area contributed by atoms with Gasteiger partial charge >= 0.3 is 5.97 Å². The number of aromatic nitrogens is 1. The van der Waals surface area contributed by atoms with Crippen LogP contribution in [0.1, 0.15) is 48.2 Å². The third-order valence-electron chi connectivity index (χ3n) is 4.28. The van der Waals surface area contributed by atoms with Gasteiger partial charge in [0.25, 0.3) is 0 Å². The van der Waals surface area contributed by atoms with E-state index in [0.717, 1.165) is 12.1 Å². The quantitative estimate of drug-likeness (QED) is 0.620. The van der Waals surface area contributed by atoms with E-state index in [1.54, 1.807) is 0 Å². The van der Waals surface area contributed by atoms with Crippen LogP contribution in [0.3, 0.4) is 0 Å². The van der Waals surface area contributed by atoms with Gasteiger partial charge in [-0.05, 0) is 59.7 Å². The van der Waals surface area contributed by atoms with Crippen LogP contribution in [0.5, 0.6) is 0 Å². The standard InChI is InChI=1S/C21H23NO2/c1-4-24-21(23)17-7-5-16(6-8-17)14-22-12-11-19-13-18(15(2)3)9-10-20(19)22/h5-13,15H,4,14H2,1-3H3. The maximum Gasteiger partial charge on any atom is 0.338 e. The number of carbonyl (C=O) groups excluding carboxylic acids is 1. The van der Waals surface area contributed by atoms with Crippen LogP contribution in [0.2, 0.25) is 0 Å². The summed E-state index contributed by atoms with van der Waals surface area (Å²) in [5.74, 6) is 0.268. The van der Waals surface area contributed by atoms with E-state index in [1.807, 2.05) is 31.2 Å². The molecule has 0 radical (unpaired) electrons. The van der Waals surface area contributed by atoms with Crippen LogP contribution >= 0.6 is 0 Å². The van der Waals surface area contributed by atoms with Gasteiger partial charge in [-0.2, -0.15) is 0 Å². The van der Waals surface area contributed by atoms with E-state index >= 15 is 0 Å². The lowest BCUT2D eigenvalue weighted by molar-refractivity contribution is 0.0526. The van der Waals surface area contributed by atoms with E-state index in [0.29, 0.717) is 18.1 Å². The molecule has 3 aromatic rings. The summed E-state index contributed by atoms with van der Waals surface area (Å²) in [5, 5.41) is 1.27. The van der Waals surface area contributed by atoms with Crippen molar-refractivity contribution in [2.75, 3.05) is 6.61 Å². The molecule has 0 fully saturated rings. The average Bonchev–Trinajstić information content (AvgIpc) is 2.98. The summed E-state index contributed by atoms with van der Waals surface area (Å²) in [6, 6.07) is 16.5. The number of nitrogens with zero attached hydrogens (tertiary/aromatic N) is 1. The lowest BCUT2D eigenvalue weighted by Gasteiger charge is -2.09. The number of benzene rings is 2. The number of fused-ring (bicyclic) bond motifs is 1. The summed E-state index contributed by atoms with van der Waals surface area (Å²) >= 11 is 0. The van der Waals surface area contributed by atoms with Gasteiger partial charge < -0.3 is 9.30 Å². The first kappa shape index (κ1) is 16.3. The SMILES string of the molecule is CCOC(=O)c1ccc(Cn2ccc3cc(C(C)C)ccc32)cc1. The van der Waals surface area contributed by atoms with Crippen LogP contribution in [0.4, 0.5) is 0 Å². The number of hydrogen-bond donors (Lipinski definition) is 0. The van der Waals surface area contributed by atoms with Crippen LogP contribution < -0.4 is 0 Å². The highest BCUT2D eigenvalue weighted by Crippen LogP contribution is 2.23. The van der Waals surface area contributed by atoms with Gasteiger partial charge in [-0.3, -0.25) is 0 Å². The molecule has 0 aliphatic heterocycles. The number of ether oxygens (including phenoxy) is 1. The van der Waals surface area contributed by atoms with Crippen molar-refractivity contribution in [2.45, 2.75) is 33.2 Å². The highest BCUT2D eigenvalue weighted by atomic mass is 16.5. The van der Waals surface area contributed by atoms with Crippen LogP contribution in [-0.2, 0) is 11.3 Å². The Morgan fingerprint density at radius 1 is 1.08 bits per heavy atom. The molecule has 124 valence electrons. The van der Waals surface area contributed by atoms with Crippen LogP contribution in [0.15, 0.2) is 54.7 Å². The first-order valence-corrected chi connectivity index (χ1v) is 8.43. The maximum absolute atomic E-state index is 11.7. The minimum atomic E-state index is -0.267. The molecular weight excluding hydrogens is 298 g/mol. The van der Waals surface area contributed by atoms with Crippen molar-refractivity contribution >= 4 is 16.9 Å². The lowest BCUT2D eigenvalue weighted by atomic mass is 10.0. The molecule has 0 spiro atoms. The summed E-state index contributed by atoms with van der Waals surface area (Å²) in [7, 11) is 0. The lowest BCUT2D eigenvalue weighted by Crippen LogP contribution is -2.05. The molecule has 0 atom stereocenters. The van der Waals surface area contributed by atoms with Crippen molar-refractivity contribution in [3.8, 4) is 0 Å². The number of hydrogen-bond acceptors (Lipinski definition) is 2. The molecule has 0 aliphatic rings. The van der Waals surface area contributed by atoms with E-state index in [9.17, 15) is 4.79 Å². The Labute approximate surface area is 142 Å². The minimum absolute atomic E-state index is 0.267. The summed E-state index contributed by atoms with van der Waals surface area (Å²) in [4.78, 5) is 11.7. The van der Waals surface area contributed by atoms with E-state index in [-0.39, 0.29) is 5.97 Å². The third kappa shape index (κ3) is 3.35. The zero-order chi connectivity index (χ0) is 17.1. The molecule has 2 aromatic carbocycles. The van der Waals surface area contributed by atoms with Crippen LogP contribution in [0.25, 0.3) is 10.9 Å². The molecule has 24 heavy (non-hydrogen) atoms. The molecule has 0 bridgehead atoms. The molecule has 1 heterocycles. The van der Waals surface area contributed by atoms with Gasteiger partial charge in [0.1, 0.15) is 0 Å². The van der Waals surface area contributed by atoms with E-state index in [1.165, 1.54) is 16.5 Å². The Bertz CT molecular complexity index is 844. The Hall–Kier alpha value is -2.55. The van der Waals surface area contributed by atoms with Crippen LogP contribution in [-0.4, -0.2) is 17.1 Å². The predicted molar refractivity (Wildman–Crippen MR) is 97.5 cm³/mol. The first-order valence-electron chi connectivity index (χ1n) is 8.43. The van der Waals surface area contributed by atoms with Crippen molar-refractivity contribution in [3.05, 3.63) is 71.4 Å². The van der Waals surface area contributed by atoms with Gasteiger partial charge in [-0.1, -0.05) is 32.0 Å². The van der Waals surface area contributed by atoms with E-state index in [4.69, 9.17) is 4.74 Å². The molecular formula is C21H23NO2. The number of esters is 1. The zero-order valence-corrected chi connectivity index (χ0v) is 14.5. The first-order chi connectivity index (χ1) is 11.6. The largest absolute Gasteiger partial charge is 0.462 e. The van der Waals surface area contributed by atoms with Gasteiger partial charge in [0, 0.05) is 18.3 Å². The monoisotopic (exact) mass is 321 g/mol. The summed E-state index contributed by atoms with van der Waals surface area (Å²) < 4.78 is 7.25. The molecule has 3 heteroatoms. The van der Waals surface area contributed by atoms with Crippen molar-refractivity contribution in [1.82, 2.24) is 4.57 Å². The Balaban J connectivity index is 1.81. The number of carbonyl (C=O) groups is 1. The topological polar surface area (TPSA) is 31.2 Å². The molecule has 0 N–H and O–H groups in total. The molecule has 0 aliphatic carbocycles. The third-order valence-corrected chi connectivity index (χ3v) is 4.28. The molecule has 3 rings (SSSR count). The summed E-state index contributed by atoms with van der Waals surface area (Å²) in [6.45, 7) is 7.42. The average molecular weight is 321 g/mol. The summed E-state index contributed by atoms with van der Waals surface area (Å²) in [5.41, 5.74) is 4.35. The summed E-state index contributed by atoms with van der Waals surface area (Å²) in [6.07, 6.45) is 2.12. The van der Waals surface area contributed by atoms with E-state index < -0.39 is 0 Å². The van der Waals surface area contributed by atoms with Gasteiger partial charge in [0.15, 0.2) is 0 Å². The smallest absolute Gasteiger partial charge is 0.338 e. The molecule has 0 unspecified atom stereocenters. The maximum atomic E-state index is 11.7. The van der Waals surface area contributed by atoms with E-state index in [2.05, 4.69) is 48.9 Å². The Morgan fingerprint density at radius 2 is 1.83 bits per heavy atom. The van der Waals surface area contributed by atoms with Gasteiger partial charge in [0.05, 0.1) is 12.2 Å². The fourth-order valence-electron chi connectivity index (χ4n) is 2.87. The fraction of sp³-hybridized carbons (Fsp3) is 0.286. The van der Waals surface area contributed by atoms with Crippen molar-refractivity contribution in [3.63, 3.8) is 0 Å². The Morgan fingerprint density at radius 3 is 2.50 bits per heavy atom. The minimum Gasteiger partial charge on any atom is -0.462 e. The fourth-order valence-corrected chi connectivity index (χ4v) is 2.87. The van der Waals surface area contributed by atoms with Crippen molar-refractivity contribution < 1.29 is 9.53 Å². The van der Waals surface area contributed by atoms with Gasteiger partial charge in [-0.25, -0.2) is 4.79 Å². The second kappa shape index (κ2) is 6.91. The van der Waals surface area contributed by atoms with Crippen LogP contribution in [0, 0.1) is 0 Å². The molecule has 0 amide bonds. The zero-order valence-electron chi connectivity index (χ0n) is 14.5. The van der Waals surface area contributed by atoms with Crippen molar-refractivity contribution in [1.29, 1.82) is 0 Å². The van der Waals surface area contributed by atoms with Gasteiger partial charge in [0.2, 0.25) is 0 Å². The molecule has 0 saturated heterocycles. The molecule has 3 nitrogen and oxygen atoms in total. The highest BCUT2D eigenvalue weighted by Gasteiger charge is 2.08. The molecule has 1 aromatic heterocycles. The predicted octanol–water partition coefficient (Wildman–Crippen LogP) is 4.99. The Kier molecular flexibility index (Phi) is 4.70. The molecule has 0 saturated carbocycles.